The van der Waals surface area contributed by atoms with E-state index in [0.29, 0.717) is 0 Å². The van der Waals surface area contributed by atoms with Crippen molar-refractivity contribution in [3.05, 3.63) is 53.3 Å². The number of hydrogen-bond acceptors (Lipinski definition) is 4. The molecule has 0 spiro atoms. The van der Waals surface area contributed by atoms with Crippen molar-refractivity contribution in [2.75, 3.05) is 25.2 Å². The largest absolute Gasteiger partial charge is 0.332 e. The summed E-state index contributed by atoms with van der Waals surface area (Å²) in [5.41, 5.74) is 0.999. The Morgan fingerprint density at radius 2 is 2.00 bits per heavy atom. The van der Waals surface area contributed by atoms with Crippen LogP contribution in [0.4, 0.5) is 5.69 Å². The van der Waals surface area contributed by atoms with Crippen molar-refractivity contribution in [2.45, 2.75) is 4.90 Å². The summed E-state index contributed by atoms with van der Waals surface area (Å²) in [5.74, 6) is -0.626. The summed E-state index contributed by atoms with van der Waals surface area (Å²) in [4.78, 5) is 30.6. The number of benzene rings is 1. The van der Waals surface area contributed by atoms with Gasteiger partial charge in [-0.1, -0.05) is 23.7 Å². The van der Waals surface area contributed by atoms with Crippen molar-refractivity contribution in [3.8, 4) is 0 Å². The lowest BCUT2D eigenvalue weighted by Crippen LogP contribution is -2.35. The molecule has 1 aromatic heterocycles. The molecule has 5 nitrogen and oxygen atoms in total. The number of anilines is 1. The molecule has 1 N–H and O–H groups in total. The average Bonchev–Trinajstić information content (AvgIpc) is 2.55. The molecule has 0 saturated carbocycles. The highest BCUT2D eigenvalue weighted by Gasteiger charge is 2.18. The van der Waals surface area contributed by atoms with Gasteiger partial charge in [0.15, 0.2) is 0 Å². The van der Waals surface area contributed by atoms with E-state index < -0.39 is 0 Å². The van der Waals surface area contributed by atoms with Crippen LogP contribution >= 0.6 is 23.4 Å². The highest BCUT2D eigenvalue weighted by molar-refractivity contribution is 7.98. The maximum atomic E-state index is 12.3. The van der Waals surface area contributed by atoms with Crippen LogP contribution in [-0.4, -0.2) is 41.5 Å². The number of hydrogen-bond donors (Lipinski definition) is 1. The number of thioether (sulfide) groups is 1. The molecular formula is C16H16ClN3O2S. The molecule has 120 valence electrons. The van der Waals surface area contributed by atoms with Gasteiger partial charge in [-0.05, 0) is 30.5 Å². The van der Waals surface area contributed by atoms with E-state index in [0.717, 1.165) is 10.6 Å². The van der Waals surface area contributed by atoms with Crippen molar-refractivity contribution in [1.82, 2.24) is 9.88 Å². The Morgan fingerprint density at radius 3 is 2.70 bits per heavy atom. The first-order valence-corrected chi connectivity index (χ1v) is 8.42. The minimum atomic E-state index is -0.351. The number of carbonyl (C=O) groups is 2. The third kappa shape index (κ3) is 4.46. The number of halogens is 1. The first-order chi connectivity index (χ1) is 11.0. The molecule has 0 aliphatic carbocycles. The SMILES string of the molecule is CSc1ccccc1NC(=O)CN(C)C(=O)c1cccnc1Cl. The molecule has 2 rings (SSSR count). The van der Waals surface area contributed by atoms with Gasteiger partial charge < -0.3 is 10.2 Å². The molecule has 23 heavy (non-hydrogen) atoms. The first-order valence-electron chi connectivity index (χ1n) is 6.81. The van der Waals surface area contributed by atoms with Crippen LogP contribution in [0.1, 0.15) is 10.4 Å². The summed E-state index contributed by atoms with van der Waals surface area (Å²) < 4.78 is 0. The Kier molecular flexibility index (Phi) is 6.01. The number of pyridine rings is 1. The highest BCUT2D eigenvalue weighted by Crippen LogP contribution is 2.24. The summed E-state index contributed by atoms with van der Waals surface area (Å²) in [7, 11) is 1.55. The Bertz CT molecular complexity index is 724. The fourth-order valence-electron chi connectivity index (χ4n) is 1.98. The third-order valence-electron chi connectivity index (χ3n) is 3.10. The fraction of sp³-hybridized carbons (Fsp3) is 0.188. The molecule has 2 amide bonds. The highest BCUT2D eigenvalue weighted by atomic mass is 35.5. The lowest BCUT2D eigenvalue weighted by Gasteiger charge is -2.17. The molecule has 0 aliphatic rings. The van der Waals surface area contributed by atoms with Gasteiger partial charge in [0, 0.05) is 18.1 Å². The lowest BCUT2D eigenvalue weighted by molar-refractivity contribution is -0.116. The number of carbonyl (C=O) groups excluding carboxylic acids is 2. The van der Waals surface area contributed by atoms with Gasteiger partial charge in [0.2, 0.25) is 5.91 Å². The lowest BCUT2D eigenvalue weighted by atomic mass is 10.2. The van der Waals surface area contributed by atoms with E-state index in [9.17, 15) is 9.59 Å². The fourth-order valence-corrected chi connectivity index (χ4v) is 2.73. The third-order valence-corrected chi connectivity index (χ3v) is 4.20. The zero-order chi connectivity index (χ0) is 16.8. The second kappa shape index (κ2) is 7.99. The number of amides is 2. The summed E-state index contributed by atoms with van der Waals surface area (Å²) >= 11 is 7.45. The first kappa shape index (κ1) is 17.3. The maximum absolute atomic E-state index is 12.3. The molecular weight excluding hydrogens is 334 g/mol. The zero-order valence-corrected chi connectivity index (χ0v) is 14.3. The number of aromatic nitrogens is 1. The van der Waals surface area contributed by atoms with Gasteiger partial charge in [-0.15, -0.1) is 11.8 Å². The number of nitrogens with one attached hydrogen (secondary N) is 1. The Hall–Kier alpha value is -2.05. The van der Waals surface area contributed by atoms with E-state index in [-0.39, 0.29) is 29.1 Å². The van der Waals surface area contributed by atoms with Crippen LogP contribution in [0.2, 0.25) is 5.15 Å². The van der Waals surface area contributed by atoms with Gasteiger partial charge in [-0.3, -0.25) is 9.59 Å². The molecule has 0 unspecified atom stereocenters. The topological polar surface area (TPSA) is 62.3 Å². The average molecular weight is 350 g/mol. The van der Waals surface area contributed by atoms with Gasteiger partial charge in [0.05, 0.1) is 17.8 Å². The number of nitrogens with zero attached hydrogens (tertiary/aromatic N) is 2. The van der Waals surface area contributed by atoms with Crippen molar-refractivity contribution < 1.29 is 9.59 Å². The predicted molar refractivity (Wildman–Crippen MR) is 93.1 cm³/mol. The molecule has 0 bridgehead atoms. The quantitative estimate of drug-likeness (QED) is 0.665. The zero-order valence-electron chi connectivity index (χ0n) is 12.7. The van der Waals surface area contributed by atoms with Crippen molar-refractivity contribution in [2.24, 2.45) is 0 Å². The molecule has 0 atom stereocenters. The van der Waals surface area contributed by atoms with Crippen LogP contribution in [0.3, 0.4) is 0 Å². The van der Waals surface area contributed by atoms with E-state index in [1.165, 1.54) is 11.1 Å². The van der Waals surface area contributed by atoms with Crippen LogP contribution in [0.25, 0.3) is 0 Å². The summed E-state index contributed by atoms with van der Waals surface area (Å²) in [5, 5.41) is 2.93. The van der Waals surface area contributed by atoms with Gasteiger partial charge in [0.1, 0.15) is 5.15 Å². The maximum Gasteiger partial charge on any atom is 0.257 e. The van der Waals surface area contributed by atoms with Gasteiger partial charge in [-0.2, -0.15) is 0 Å². The van der Waals surface area contributed by atoms with Crippen LogP contribution in [-0.2, 0) is 4.79 Å². The number of rotatable bonds is 5. The van der Waals surface area contributed by atoms with E-state index in [1.807, 2.05) is 30.5 Å². The molecule has 2 aromatic rings. The van der Waals surface area contributed by atoms with Crippen LogP contribution in [0.5, 0.6) is 0 Å². The monoisotopic (exact) mass is 349 g/mol. The van der Waals surface area contributed by atoms with Crippen LogP contribution in [0, 0.1) is 0 Å². The van der Waals surface area contributed by atoms with Crippen molar-refractivity contribution in [1.29, 1.82) is 0 Å². The Morgan fingerprint density at radius 1 is 1.26 bits per heavy atom. The van der Waals surface area contributed by atoms with Gasteiger partial charge in [0.25, 0.3) is 5.91 Å². The molecule has 0 saturated heterocycles. The second-order valence-electron chi connectivity index (χ2n) is 4.75. The smallest absolute Gasteiger partial charge is 0.257 e. The van der Waals surface area contributed by atoms with Gasteiger partial charge in [-0.25, -0.2) is 4.98 Å². The predicted octanol–water partition coefficient (Wildman–Crippen LogP) is 3.17. The van der Waals surface area contributed by atoms with Crippen molar-refractivity contribution >= 4 is 40.9 Å². The second-order valence-corrected chi connectivity index (χ2v) is 5.96. The minimum absolute atomic E-state index is 0.0766. The van der Waals surface area contributed by atoms with Gasteiger partial charge >= 0.3 is 0 Å². The standard InChI is InChI=1S/C16H16ClN3O2S/c1-20(16(22)11-6-5-9-18-15(11)17)10-14(21)19-12-7-3-4-8-13(12)23-2/h3-9H,10H2,1-2H3,(H,19,21). The summed E-state index contributed by atoms with van der Waals surface area (Å²) in [6.45, 7) is -0.0766. The van der Waals surface area contributed by atoms with E-state index in [2.05, 4.69) is 10.3 Å². The minimum Gasteiger partial charge on any atom is -0.332 e. The molecule has 1 heterocycles. The summed E-state index contributed by atoms with van der Waals surface area (Å²) in [6, 6.07) is 10.7. The Labute approximate surface area is 144 Å². The van der Waals surface area contributed by atoms with Crippen LogP contribution in [0.15, 0.2) is 47.5 Å². The van der Waals surface area contributed by atoms with E-state index in [4.69, 9.17) is 11.6 Å². The Balaban J connectivity index is 2.02. The van der Waals surface area contributed by atoms with Crippen LogP contribution < -0.4 is 5.32 Å². The van der Waals surface area contributed by atoms with Crippen molar-refractivity contribution in [3.63, 3.8) is 0 Å². The normalized spacial score (nSPS) is 10.2. The molecule has 0 aliphatic heterocycles. The van der Waals surface area contributed by atoms with E-state index >= 15 is 0 Å². The molecule has 0 radical (unpaired) electrons. The molecule has 1 aromatic carbocycles. The molecule has 7 heteroatoms. The molecule has 0 fully saturated rings. The number of likely N-dealkylation sites (N-methyl/N-ethyl adjacent to an activating group) is 1. The number of para-hydroxylation sites is 1. The van der Waals surface area contributed by atoms with E-state index in [1.54, 1.807) is 30.9 Å². The summed E-state index contributed by atoms with van der Waals surface area (Å²) in [6.07, 6.45) is 3.44.